The molecule has 0 saturated carbocycles. The minimum absolute atomic E-state index is 0.360. The summed E-state index contributed by atoms with van der Waals surface area (Å²) in [6.45, 7) is 2.92. The summed E-state index contributed by atoms with van der Waals surface area (Å²) >= 11 is 0. The molecule has 0 aromatic heterocycles. The van der Waals surface area contributed by atoms with Crippen LogP contribution in [0.15, 0.2) is 24.3 Å². The molecule has 0 aliphatic carbocycles. The van der Waals surface area contributed by atoms with Crippen molar-refractivity contribution in [2.45, 2.75) is 24.6 Å². The van der Waals surface area contributed by atoms with Crippen LogP contribution in [0.25, 0.3) is 0 Å². The van der Waals surface area contributed by atoms with Gasteiger partial charge in [-0.05, 0) is 37.6 Å². The lowest BCUT2D eigenvalue weighted by Crippen LogP contribution is -2.37. The molecule has 18 heavy (non-hydrogen) atoms. The summed E-state index contributed by atoms with van der Waals surface area (Å²) in [6.07, 6.45) is 0.616. The zero-order chi connectivity index (χ0) is 13.2. The average molecular weight is 272 g/mol. The van der Waals surface area contributed by atoms with Crippen LogP contribution in [0.3, 0.4) is 0 Å². The van der Waals surface area contributed by atoms with E-state index in [1.807, 2.05) is 0 Å². The molecule has 1 saturated heterocycles. The summed E-state index contributed by atoms with van der Waals surface area (Å²) in [6, 6.07) is 5.55. The fourth-order valence-corrected chi connectivity index (χ4v) is 3.67. The first kappa shape index (κ1) is 13.5. The van der Waals surface area contributed by atoms with E-state index in [9.17, 15) is 12.8 Å². The van der Waals surface area contributed by atoms with E-state index in [1.165, 1.54) is 12.1 Å². The van der Waals surface area contributed by atoms with Gasteiger partial charge in [-0.2, -0.15) is 0 Å². The quantitative estimate of drug-likeness (QED) is 0.865. The molecule has 1 aromatic rings. The van der Waals surface area contributed by atoms with Crippen molar-refractivity contribution in [3.05, 3.63) is 35.6 Å². The van der Waals surface area contributed by atoms with Gasteiger partial charge in [-0.1, -0.05) is 12.1 Å². The Labute approximate surface area is 107 Å². The van der Waals surface area contributed by atoms with E-state index in [0.29, 0.717) is 18.5 Å². The topological polar surface area (TPSA) is 58.2 Å². The molecule has 100 valence electrons. The highest BCUT2D eigenvalue weighted by atomic mass is 32.2. The first-order valence-corrected chi connectivity index (χ1v) is 7.51. The molecular formula is C12H17FN2O2S. The van der Waals surface area contributed by atoms with Crippen LogP contribution in [-0.2, 0) is 10.0 Å². The largest absolute Gasteiger partial charge is 0.315 e. The van der Waals surface area contributed by atoms with Crippen molar-refractivity contribution in [1.29, 1.82) is 0 Å². The third kappa shape index (κ3) is 3.07. The van der Waals surface area contributed by atoms with Gasteiger partial charge in [0.25, 0.3) is 0 Å². The van der Waals surface area contributed by atoms with Crippen molar-refractivity contribution in [3.8, 4) is 0 Å². The van der Waals surface area contributed by atoms with Gasteiger partial charge in [0.05, 0.1) is 5.25 Å². The van der Waals surface area contributed by atoms with E-state index < -0.39 is 21.3 Å². The van der Waals surface area contributed by atoms with Crippen LogP contribution in [-0.4, -0.2) is 26.8 Å². The van der Waals surface area contributed by atoms with Crippen LogP contribution in [0.2, 0.25) is 0 Å². The molecule has 1 aliphatic rings. The molecule has 1 fully saturated rings. The van der Waals surface area contributed by atoms with Crippen molar-refractivity contribution in [2.75, 3.05) is 13.1 Å². The van der Waals surface area contributed by atoms with Gasteiger partial charge in [-0.3, -0.25) is 0 Å². The minimum atomic E-state index is -3.36. The Morgan fingerprint density at radius 1 is 1.50 bits per heavy atom. The molecule has 4 nitrogen and oxygen atoms in total. The number of halogens is 1. The summed E-state index contributed by atoms with van der Waals surface area (Å²) < 4.78 is 39.8. The Hall–Kier alpha value is -0.980. The van der Waals surface area contributed by atoms with Gasteiger partial charge in [-0.15, -0.1) is 0 Å². The van der Waals surface area contributed by atoms with Gasteiger partial charge in [0.15, 0.2) is 0 Å². The average Bonchev–Trinajstić information content (AvgIpc) is 2.82. The van der Waals surface area contributed by atoms with Crippen LogP contribution in [0.1, 0.15) is 24.9 Å². The van der Waals surface area contributed by atoms with Crippen LogP contribution >= 0.6 is 0 Å². The normalized spacial score (nSPS) is 22.0. The third-order valence-electron chi connectivity index (χ3n) is 3.14. The predicted octanol–water partition coefficient (Wildman–Crippen LogP) is 1.17. The first-order chi connectivity index (χ1) is 8.49. The van der Waals surface area contributed by atoms with Gasteiger partial charge < -0.3 is 5.32 Å². The molecule has 1 aliphatic heterocycles. The molecule has 1 heterocycles. The summed E-state index contributed by atoms with van der Waals surface area (Å²) in [5, 5.41) is 2.63. The van der Waals surface area contributed by atoms with E-state index in [0.717, 1.165) is 6.54 Å². The van der Waals surface area contributed by atoms with Gasteiger partial charge in [-0.25, -0.2) is 17.5 Å². The summed E-state index contributed by atoms with van der Waals surface area (Å²) in [7, 11) is -3.36. The number of rotatable bonds is 4. The monoisotopic (exact) mass is 272 g/mol. The number of sulfonamides is 1. The molecular weight excluding hydrogens is 255 g/mol. The Morgan fingerprint density at radius 3 is 2.89 bits per heavy atom. The molecule has 0 spiro atoms. The second kappa shape index (κ2) is 5.34. The Balaban J connectivity index is 2.09. The second-order valence-corrected chi connectivity index (χ2v) is 6.55. The smallest absolute Gasteiger partial charge is 0.216 e. The maximum atomic E-state index is 13.1. The fraction of sp³-hybridized carbons (Fsp3) is 0.500. The van der Waals surface area contributed by atoms with E-state index in [4.69, 9.17) is 0 Å². The third-order valence-corrected chi connectivity index (χ3v) is 5.11. The van der Waals surface area contributed by atoms with Crippen LogP contribution in [0, 0.1) is 5.82 Å². The van der Waals surface area contributed by atoms with Crippen LogP contribution in [0.4, 0.5) is 4.39 Å². The lowest BCUT2D eigenvalue weighted by atomic mass is 10.1. The highest BCUT2D eigenvalue weighted by Gasteiger charge is 2.29. The molecule has 0 amide bonds. The molecule has 0 radical (unpaired) electrons. The van der Waals surface area contributed by atoms with Gasteiger partial charge >= 0.3 is 0 Å². The molecule has 2 rings (SSSR count). The zero-order valence-corrected chi connectivity index (χ0v) is 11.0. The SMILES string of the molecule is CC(NS(=O)(=O)C1CCNC1)c1cccc(F)c1. The predicted molar refractivity (Wildman–Crippen MR) is 68.1 cm³/mol. The molecule has 6 heteroatoms. The first-order valence-electron chi connectivity index (χ1n) is 5.96. The highest BCUT2D eigenvalue weighted by molar-refractivity contribution is 7.90. The minimum Gasteiger partial charge on any atom is -0.315 e. The van der Waals surface area contributed by atoms with Gasteiger partial charge in [0.1, 0.15) is 5.82 Å². The number of hydrogen-bond donors (Lipinski definition) is 2. The lowest BCUT2D eigenvalue weighted by Gasteiger charge is -2.17. The Morgan fingerprint density at radius 2 is 2.28 bits per heavy atom. The molecule has 2 N–H and O–H groups in total. The van der Waals surface area contributed by atoms with E-state index in [2.05, 4.69) is 10.0 Å². The number of nitrogens with one attached hydrogen (secondary N) is 2. The summed E-state index contributed by atoms with van der Waals surface area (Å²) in [5.41, 5.74) is 0.629. The van der Waals surface area contributed by atoms with Crippen LogP contribution in [0.5, 0.6) is 0 Å². The summed E-state index contributed by atoms with van der Waals surface area (Å²) in [4.78, 5) is 0. The standard InChI is InChI=1S/C12H17FN2O2S/c1-9(10-3-2-4-11(13)7-10)15-18(16,17)12-5-6-14-8-12/h2-4,7,9,12,14-15H,5-6,8H2,1H3. The molecule has 0 bridgehead atoms. The van der Waals surface area contributed by atoms with Gasteiger partial charge in [0.2, 0.25) is 10.0 Å². The van der Waals surface area contributed by atoms with Crippen molar-refractivity contribution >= 4 is 10.0 Å². The molecule has 2 unspecified atom stereocenters. The van der Waals surface area contributed by atoms with Crippen molar-refractivity contribution < 1.29 is 12.8 Å². The van der Waals surface area contributed by atoms with Crippen LogP contribution < -0.4 is 10.0 Å². The zero-order valence-electron chi connectivity index (χ0n) is 10.2. The van der Waals surface area contributed by atoms with E-state index >= 15 is 0 Å². The molecule has 2 atom stereocenters. The van der Waals surface area contributed by atoms with Crippen molar-refractivity contribution in [3.63, 3.8) is 0 Å². The van der Waals surface area contributed by atoms with E-state index in [-0.39, 0.29) is 5.82 Å². The molecule has 1 aromatic carbocycles. The second-order valence-electron chi connectivity index (χ2n) is 4.55. The maximum Gasteiger partial charge on any atom is 0.216 e. The number of hydrogen-bond acceptors (Lipinski definition) is 3. The maximum absolute atomic E-state index is 13.1. The lowest BCUT2D eigenvalue weighted by molar-refractivity contribution is 0.552. The van der Waals surface area contributed by atoms with E-state index in [1.54, 1.807) is 19.1 Å². The fourth-order valence-electron chi connectivity index (χ4n) is 2.08. The Kier molecular flexibility index (Phi) is 3.99. The Bertz CT molecular complexity index is 513. The van der Waals surface area contributed by atoms with Gasteiger partial charge in [0, 0.05) is 12.6 Å². The van der Waals surface area contributed by atoms with Crippen molar-refractivity contribution in [1.82, 2.24) is 10.0 Å². The summed E-state index contributed by atoms with van der Waals surface area (Å²) in [5.74, 6) is -0.360. The highest BCUT2D eigenvalue weighted by Crippen LogP contribution is 2.17. The van der Waals surface area contributed by atoms with Crippen molar-refractivity contribution in [2.24, 2.45) is 0 Å². The number of benzene rings is 1.